The van der Waals surface area contributed by atoms with E-state index in [9.17, 15) is 13.2 Å². The van der Waals surface area contributed by atoms with Gasteiger partial charge in [0.25, 0.3) is 0 Å². The minimum Gasteiger partial charge on any atom is -0.465 e. The van der Waals surface area contributed by atoms with Gasteiger partial charge in [0.1, 0.15) is 6.54 Å². The molecule has 0 aliphatic carbocycles. The van der Waals surface area contributed by atoms with Gasteiger partial charge in [0.05, 0.1) is 11.5 Å². The summed E-state index contributed by atoms with van der Waals surface area (Å²) in [4.78, 5) is 11.6. The third-order valence-corrected chi connectivity index (χ3v) is 4.42. The average Bonchev–Trinajstić information content (AvgIpc) is 2.38. The molecule has 0 aliphatic heterocycles. The smallest absolute Gasteiger partial charge is 0.321 e. The summed E-state index contributed by atoms with van der Waals surface area (Å²) in [5.41, 5.74) is 5.96. The van der Waals surface area contributed by atoms with Crippen LogP contribution in [0.3, 0.4) is 0 Å². The van der Waals surface area contributed by atoms with Crippen LogP contribution in [0.1, 0.15) is 20.3 Å². The number of nitrogens with zero attached hydrogens (tertiary/aromatic N) is 1. The first-order chi connectivity index (χ1) is 9.41. The van der Waals surface area contributed by atoms with E-state index in [0.717, 1.165) is 4.31 Å². The molecular weight excluding hydrogens is 280 g/mol. The van der Waals surface area contributed by atoms with Gasteiger partial charge < -0.3 is 10.5 Å². The Kier molecular flexibility index (Phi) is 5.97. The Morgan fingerprint density at radius 2 is 2.05 bits per heavy atom. The van der Waals surface area contributed by atoms with E-state index < -0.39 is 16.0 Å². The van der Waals surface area contributed by atoms with Crippen LogP contribution >= 0.6 is 0 Å². The lowest BCUT2D eigenvalue weighted by molar-refractivity contribution is -0.143. The number of hydrogen-bond acceptors (Lipinski definition) is 5. The number of hydrogen-bond donors (Lipinski definition) is 1. The summed E-state index contributed by atoms with van der Waals surface area (Å²) in [5, 5.41) is 0. The maximum absolute atomic E-state index is 12.5. The van der Waals surface area contributed by atoms with E-state index in [4.69, 9.17) is 10.5 Å². The molecule has 0 radical (unpaired) electrons. The number of nitrogens with two attached hydrogens (primary N) is 1. The van der Waals surface area contributed by atoms with Crippen molar-refractivity contribution in [3.8, 4) is 0 Å². The molecule has 0 unspecified atom stereocenters. The van der Waals surface area contributed by atoms with Gasteiger partial charge >= 0.3 is 5.97 Å². The van der Waals surface area contributed by atoms with E-state index in [1.165, 1.54) is 12.1 Å². The number of benzene rings is 1. The Morgan fingerprint density at radius 1 is 1.35 bits per heavy atom. The fourth-order valence-electron chi connectivity index (χ4n) is 1.71. The monoisotopic (exact) mass is 300 g/mol. The summed E-state index contributed by atoms with van der Waals surface area (Å²) >= 11 is 0. The molecule has 0 aliphatic rings. The molecule has 7 heteroatoms. The number of sulfonamides is 1. The van der Waals surface area contributed by atoms with Crippen LogP contribution in [0.25, 0.3) is 0 Å². The van der Waals surface area contributed by atoms with Crippen molar-refractivity contribution in [1.82, 2.24) is 4.31 Å². The topological polar surface area (TPSA) is 89.7 Å². The number of carbonyl (C=O) groups is 1. The molecule has 0 aromatic heterocycles. The third-order valence-electron chi connectivity index (χ3n) is 2.58. The van der Waals surface area contributed by atoms with E-state index >= 15 is 0 Å². The predicted octanol–water partition coefficient (Wildman–Crippen LogP) is 1.23. The molecule has 1 aromatic rings. The van der Waals surface area contributed by atoms with Crippen molar-refractivity contribution in [2.24, 2.45) is 0 Å². The fourth-order valence-corrected chi connectivity index (χ4v) is 3.24. The zero-order valence-electron chi connectivity index (χ0n) is 11.7. The lowest BCUT2D eigenvalue weighted by Gasteiger charge is -2.20. The number of rotatable bonds is 7. The zero-order valence-corrected chi connectivity index (χ0v) is 12.5. The quantitative estimate of drug-likeness (QED) is 0.604. The first kappa shape index (κ1) is 16.5. The molecule has 6 nitrogen and oxygen atoms in total. The van der Waals surface area contributed by atoms with Crippen molar-refractivity contribution in [1.29, 1.82) is 0 Å². The third kappa shape index (κ3) is 4.21. The molecule has 20 heavy (non-hydrogen) atoms. The second kappa shape index (κ2) is 7.25. The average molecular weight is 300 g/mol. The van der Waals surface area contributed by atoms with E-state index in [1.54, 1.807) is 19.1 Å². The SMILES string of the molecule is CCCN(CC(=O)OCC)S(=O)(=O)c1cccc(N)c1. The molecule has 2 N–H and O–H groups in total. The molecule has 0 saturated carbocycles. The fraction of sp³-hybridized carbons (Fsp3) is 0.462. The summed E-state index contributed by atoms with van der Waals surface area (Å²) in [6, 6.07) is 6.01. The van der Waals surface area contributed by atoms with Crippen LogP contribution in [0.4, 0.5) is 5.69 Å². The number of esters is 1. The lowest BCUT2D eigenvalue weighted by atomic mass is 10.3. The molecule has 0 saturated heterocycles. The van der Waals surface area contributed by atoms with Gasteiger partial charge in [-0.05, 0) is 31.5 Å². The molecule has 1 rings (SSSR count). The first-order valence-electron chi connectivity index (χ1n) is 6.43. The summed E-state index contributed by atoms with van der Waals surface area (Å²) in [6.07, 6.45) is 0.598. The van der Waals surface area contributed by atoms with Gasteiger partial charge in [-0.3, -0.25) is 4.79 Å². The van der Waals surface area contributed by atoms with Gasteiger partial charge in [0.2, 0.25) is 10.0 Å². The van der Waals surface area contributed by atoms with Gasteiger partial charge in [-0.1, -0.05) is 13.0 Å². The van der Waals surface area contributed by atoms with E-state index in [0.29, 0.717) is 12.1 Å². The highest BCUT2D eigenvalue weighted by molar-refractivity contribution is 7.89. The Bertz CT molecular complexity index is 557. The van der Waals surface area contributed by atoms with Crippen LogP contribution in [0.5, 0.6) is 0 Å². The van der Waals surface area contributed by atoms with E-state index in [1.807, 2.05) is 6.92 Å². The summed E-state index contributed by atoms with van der Waals surface area (Å²) in [6.45, 7) is 3.69. The largest absolute Gasteiger partial charge is 0.465 e. The maximum Gasteiger partial charge on any atom is 0.321 e. The van der Waals surface area contributed by atoms with Crippen molar-refractivity contribution < 1.29 is 17.9 Å². The van der Waals surface area contributed by atoms with Crippen LogP contribution in [0, 0.1) is 0 Å². The molecule has 0 bridgehead atoms. The van der Waals surface area contributed by atoms with E-state index in [2.05, 4.69) is 0 Å². The Balaban J connectivity index is 3.03. The number of carbonyl (C=O) groups excluding carboxylic acids is 1. The number of anilines is 1. The first-order valence-corrected chi connectivity index (χ1v) is 7.87. The summed E-state index contributed by atoms with van der Waals surface area (Å²) < 4.78 is 30.9. The van der Waals surface area contributed by atoms with Gasteiger partial charge in [-0.15, -0.1) is 0 Å². The standard InChI is InChI=1S/C13H20N2O4S/c1-3-8-15(10-13(16)19-4-2)20(17,18)12-7-5-6-11(14)9-12/h5-7,9H,3-4,8,10,14H2,1-2H3. The lowest BCUT2D eigenvalue weighted by Crippen LogP contribution is -2.37. The molecule has 1 aromatic carbocycles. The number of ether oxygens (including phenoxy) is 1. The molecule has 0 fully saturated rings. The highest BCUT2D eigenvalue weighted by atomic mass is 32.2. The second-order valence-corrected chi connectivity index (χ2v) is 6.15. The Hall–Kier alpha value is -1.60. The minimum absolute atomic E-state index is 0.0789. The molecule has 112 valence electrons. The molecular formula is C13H20N2O4S. The Labute approximate surface area is 119 Å². The molecule has 0 atom stereocenters. The van der Waals surface area contributed by atoms with Crippen molar-refractivity contribution in [3.63, 3.8) is 0 Å². The van der Waals surface area contributed by atoms with Crippen molar-refractivity contribution in [2.75, 3.05) is 25.4 Å². The molecule has 0 heterocycles. The van der Waals surface area contributed by atoms with Gasteiger partial charge in [0, 0.05) is 12.2 Å². The zero-order chi connectivity index (χ0) is 15.2. The van der Waals surface area contributed by atoms with Crippen molar-refractivity contribution in [2.45, 2.75) is 25.2 Å². The highest BCUT2D eigenvalue weighted by Gasteiger charge is 2.26. The summed E-state index contributed by atoms with van der Waals surface area (Å²) in [7, 11) is -3.75. The van der Waals surface area contributed by atoms with Crippen LogP contribution < -0.4 is 5.73 Å². The predicted molar refractivity (Wildman–Crippen MR) is 76.5 cm³/mol. The highest BCUT2D eigenvalue weighted by Crippen LogP contribution is 2.18. The van der Waals surface area contributed by atoms with Crippen molar-refractivity contribution in [3.05, 3.63) is 24.3 Å². The van der Waals surface area contributed by atoms with Gasteiger partial charge in [-0.2, -0.15) is 4.31 Å². The van der Waals surface area contributed by atoms with Crippen LogP contribution in [-0.4, -0.2) is 38.4 Å². The number of nitrogen functional groups attached to an aromatic ring is 1. The molecule has 0 spiro atoms. The molecule has 0 amide bonds. The Morgan fingerprint density at radius 3 is 2.60 bits per heavy atom. The second-order valence-electron chi connectivity index (χ2n) is 4.22. The van der Waals surface area contributed by atoms with Crippen LogP contribution in [0.2, 0.25) is 0 Å². The summed E-state index contributed by atoms with van der Waals surface area (Å²) in [5.74, 6) is -0.562. The van der Waals surface area contributed by atoms with Gasteiger partial charge in [-0.25, -0.2) is 8.42 Å². The van der Waals surface area contributed by atoms with E-state index in [-0.39, 0.29) is 24.6 Å². The van der Waals surface area contributed by atoms with Gasteiger partial charge in [0.15, 0.2) is 0 Å². The maximum atomic E-state index is 12.5. The van der Waals surface area contributed by atoms with Crippen LogP contribution in [-0.2, 0) is 19.6 Å². The van der Waals surface area contributed by atoms with Crippen LogP contribution in [0.15, 0.2) is 29.2 Å². The normalized spacial score (nSPS) is 11.6. The van der Waals surface area contributed by atoms with Crippen molar-refractivity contribution >= 4 is 21.7 Å². The minimum atomic E-state index is -3.75.